The maximum absolute atomic E-state index is 12.2. The molecule has 2 heterocycles. The summed E-state index contributed by atoms with van der Waals surface area (Å²) in [7, 11) is 0. The third kappa shape index (κ3) is 2.35. The van der Waals surface area contributed by atoms with Crippen LogP contribution in [0.5, 0.6) is 0 Å². The van der Waals surface area contributed by atoms with Gasteiger partial charge in [-0.05, 0) is 24.3 Å². The number of aromatic nitrogens is 2. The Kier molecular flexibility index (Phi) is 3.34. The number of nitrogens with zero attached hydrogens (tertiary/aromatic N) is 1. The molecule has 1 amide bonds. The normalized spacial score (nSPS) is 10.7. The maximum atomic E-state index is 12.2. The van der Waals surface area contributed by atoms with Gasteiger partial charge in [-0.2, -0.15) is 0 Å². The summed E-state index contributed by atoms with van der Waals surface area (Å²) >= 11 is 11.9. The van der Waals surface area contributed by atoms with E-state index in [2.05, 4.69) is 15.3 Å². The Balaban J connectivity index is 1.90. The number of amides is 1. The van der Waals surface area contributed by atoms with Gasteiger partial charge < -0.3 is 10.3 Å². The lowest BCUT2D eigenvalue weighted by Gasteiger charge is -2.07. The van der Waals surface area contributed by atoms with E-state index in [4.69, 9.17) is 23.2 Å². The summed E-state index contributed by atoms with van der Waals surface area (Å²) in [5.74, 6) is -0.325. The van der Waals surface area contributed by atoms with Gasteiger partial charge in [0.2, 0.25) is 0 Å². The number of halogens is 2. The molecule has 0 bridgehead atoms. The second-order valence-electron chi connectivity index (χ2n) is 4.20. The summed E-state index contributed by atoms with van der Waals surface area (Å²) in [5.41, 5.74) is 1.69. The van der Waals surface area contributed by atoms with E-state index in [0.29, 0.717) is 16.3 Å². The molecule has 0 radical (unpaired) electrons. The molecule has 0 unspecified atom stereocenters. The minimum absolute atomic E-state index is 0.238. The van der Waals surface area contributed by atoms with Gasteiger partial charge in [0.1, 0.15) is 5.65 Å². The summed E-state index contributed by atoms with van der Waals surface area (Å²) in [6.07, 6.45) is 3.37. The number of carbonyl (C=O) groups excluding carboxylic acids is 1. The van der Waals surface area contributed by atoms with Crippen LogP contribution in [-0.4, -0.2) is 15.9 Å². The number of pyridine rings is 1. The topological polar surface area (TPSA) is 57.8 Å². The smallest absolute Gasteiger partial charge is 0.257 e. The van der Waals surface area contributed by atoms with Gasteiger partial charge in [-0.3, -0.25) is 4.79 Å². The molecular weight excluding hydrogens is 297 g/mol. The van der Waals surface area contributed by atoms with Crippen molar-refractivity contribution in [2.45, 2.75) is 0 Å². The van der Waals surface area contributed by atoms with Gasteiger partial charge in [-0.25, -0.2) is 4.98 Å². The predicted molar refractivity (Wildman–Crippen MR) is 80.5 cm³/mol. The van der Waals surface area contributed by atoms with Gasteiger partial charge in [0.05, 0.1) is 27.5 Å². The van der Waals surface area contributed by atoms with Crippen LogP contribution in [0, 0.1) is 0 Å². The highest BCUT2D eigenvalue weighted by Gasteiger charge is 2.13. The van der Waals surface area contributed by atoms with E-state index in [-0.39, 0.29) is 10.9 Å². The van der Waals surface area contributed by atoms with E-state index >= 15 is 0 Å². The quantitative estimate of drug-likeness (QED) is 0.748. The number of hydrogen-bond acceptors (Lipinski definition) is 2. The Morgan fingerprint density at radius 1 is 1.25 bits per heavy atom. The van der Waals surface area contributed by atoms with E-state index in [9.17, 15) is 4.79 Å². The summed E-state index contributed by atoms with van der Waals surface area (Å²) in [6, 6.07) is 8.64. The van der Waals surface area contributed by atoms with Crippen molar-refractivity contribution in [2.75, 3.05) is 5.32 Å². The van der Waals surface area contributed by atoms with Crippen LogP contribution in [0.3, 0.4) is 0 Å². The molecule has 2 aromatic heterocycles. The molecule has 0 spiro atoms. The molecule has 2 N–H and O–H groups in total. The molecule has 0 saturated carbocycles. The fraction of sp³-hybridized carbons (Fsp3) is 0. The number of anilines is 1. The van der Waals surface area contributed by atoms with Crippen molar-refractivity contribution in [3.05, 3.63) is 58.3 Å². The number of fused-ring (bicyclic) bond motifs is 1. The van der Waals surface area contributed by atoms with E-state index in [0.717, 1.165) is 11.0 Å². The third-order valence-corrected chi connectivity index (χ3v) is 3.67. The van der Waals surface area contributed by atoms with Gasteiger partial charge in [0, 0.05) is 11.6 Å². The highest BCUT2D eigenvalue weighted by atomic mass is 35.5. The zero-order valence-electron chi connectivity index (χ0n) is 10.2. The first-order valence-corrected chi connectivity index (χ1v) is 6.59. The average molecular weight is 306 g/mol. The predicted octanol–water partition coefficient (Wildman–Crippen LogP) is 4.12. The lowest BCUT2D eigenvalue weighted by molar-refractivity contribution is 0.102. The largest absolute Gasteiger partial charge is 0.346 e. The van der Waals surface area contributed by atoms with Crippen molar-refractivity contribution in [3.8, 4) is 0 Å². The monoisotopic (exact) mass is 305 g/mol. The van der Waals surface area contributed by atoms with Crippen molar-refractivity contribution in [1.82, 2.24) is 9.97 Å². The molecule has 4 nitrogen and oxygen atoms in total. The standard InChI is InChI=1S/C14H9Cl2N3O/c15-11-3-1-2-10(12(11)16)14(20)19-9-6-8-4-5-17-13(8)18-7-9/h1-7H,(H,17,18)(H,19,20). The average Bonchev–Trinajstić information content (AvgIpc) is 2.89. The van der Waals surface area contributed by atoms with Gasteiger partial charge >= 0.3 is 0 Å². The van der Waals surface area contributed by atoms with Gasteiger partial charge in [0.25, 0.3) is 5.91 Å². The van der Waals surface area contributed by atoms with Crippen molar-refractivity contribution in [1.29, 1.82) is 0 Å². The molecule has 3 rings (SSSR count). The third-order valence-electron chi connectivity index (χ3n) is 2.85. The Morgan fingerprint density at radius 2 is 2.10 bits per heavy atom. The summed E-state index contributed by atoms with van der Waals surface area (Å²) < 4.78 is 0. The van der Waals surface area contributed by atoms with Crippen molar-refractivity contribution < 1.29 is 4.79 Å². The summed E-state index contributed by atoms with van der Waals surface area (Å²) in [5, 5.41) is 4.25. The summed E-state index contributed by atoms with van der Waals surface area (Å²) in [6.45, 7) is 0. The molecular formula is C14H9Cl2N3O. The Hall–Kier alpha value is -2.04. The van der Waals surface area contributed by atoms with Gasteiger partial charge in [-0.1, -0.05) is 29.3 Å². The zero-order valence-corrected chi connectivity index (χ0v) is 11.7. The molecule has 100 valence electrons. The number of hydrogen-bond donors (Lipinski definition) is 2. The second-order valence-corrected chi connectivity index (χ2v) is 4.98. The Morgan fingerprint density at radius 3 is 2.95 bits per heavy atom. The Bertz CT molecular complexity index is 798. The lowest BCUT2D eigenvalue weighted by atomic mass is 10.2. The minimum Gasteiger partial charge on any atom is -0.346 e. The van der Waals surface area contributed by atoms with Crippen LogP contribution in [0.15, 0.2) is 42.7 Å². The maximum Gasteiger partial charge on any atom is 0.257 e. The van der Waals surface area contributed by atoms with Crippen LogP contribution < -0.4 is 5.32 Å². The first kappa shape index (κ1) is 13.0. The van der Waals surface area contributed by atoms with E-state index in [1.807, 2.05) is 12.1 Å². The number of benzene rings is 1. The molecule has 0 aliphatic rings. The molecule has 0 saturated heterocycles. The molecule has 3 aromatic rings. The van der Waals surface area contributed by atoms with Crippen LogP contribution in [0.1, 0.15) is 10.4 Å². The first-order valence-electron chi connectivity index (χ1n) is 5.83. The van der Waals surface area contributed by atoms with Crippen LogP contribution >= 0.6 is 23.2 Å². The fourth-order valence-electron chi connectivity index (χ4n) is 1.89. The summed E-state index contributed by atoms with van der Waals surface area (Å²) in [4.78, 5) is 19.4. The molecule has 0 fully saturated rings. The van der Waals surface area contributed by atoms with E-state index < -0.39 is 0 Å². The van der Waals surface area contributed by atoms with Crippen LogP contribution in [0.2, 0.25) is 10.0 Å². The molecule has 20 heavy (non-hydrogen) atoms. The number of H-pyrrole nitrogens is 1. The van der Waals surface area contributed by atoms with Crippen LogP contribution in [0.4, 0.5) is 5.69 Å². The van der Waals surface area contributed by atoms with Gasteiger partial charge in [-0.15, -0.1) is 0 Å². The van der Waals surface area contributed by atoms with E-state index in [1.54, 1.807) is 30.6 Å². The minimum atomic E-state index is -0.325. The van der Waals surface area contributed by atoms with Crippen molar-refractivity contribution >= 4 is 45.8 Å². The van der Waals surface area contributed by atoms with Crippen LogP contribution in [0.25, 0.3) is 11.0 Å². The molecule has 1 aromatic carbocycles. The number of nitrogens with one attached hydrogen (secondary N) is 2. The second kappa shape index (κ2) is 5.15. The SMILES string of the molecule is O=C(Nc1cnc2[nH]ccc2c1)c1cccc(Cl)c1Cl. The van der Waals surface area contributed by atoms with E-state index in [1.165, 1.54) is 0 Å². The number of aromatic amines is 1. The fourth-order valence-corrected chi connectivity index (χ4v) is 2.27. The Labute approximate surface area is 124 Å². The number of rotatable bonds is 2. The highest BCUT2D eigenvalue weighted by molar-refractivity contribution is 6.44. The van der Waals surface area contributed by atoms with Crippen LogP contribution in [-0.2, 0) is 0 Å². The molecule has 0 aliphatic carbocycles. The molecule has 0 atom stereocenters. The zero-order chi connectivity index (χ0) is 14.1. The highest BCUT2D eigenvalue weighted by Crippen LogP contribution is 2.26. The van der Waals surface area contributed by atoms with Crippen molar-refractivity contribution in [3.63, 3.8) is 0 Å². The first-order chi connectivity index (χ1) is 9.65. The van der Waals surface area contributed by atoms with Gasteiger partial charge in [0.15, 0.2) is 0 Å². The van der Waals surface area contributed by atoms with Crippen molar-refractivity contribution in [2.24, 2.45) is 0 Å². The number of carbonyl (C=O) groups is 1. The molecule has 6 heteroatoms. The molecule has 0 aliphatic heterocycles. The lowest BCUT2D eigenvalue weighted by Crippen LogP contribution is -2.12.